The minimum absolute atomic E-state index is 0.120. The summed E-state index contributed by atoms with van der Waals surface area (Å²) in [5, 5.41) is 2.83. The number of nitrogens with one attached hydrogen (secondary N) is 1. The van der Waals surface area contributed by atoms with Gasteiger partial charge in [-0.1, -0.05) is 12.1 Å². The van der Waals surface area contributed by atoms with Crippen molar-refractivity contribution in [1.82, 2.24) is 10.2 Å². The molecule has 32 heavy (non-hydrogen) atoms. The summed E-state index contributed by atoms with van der Waals surface area (Å²) in [5.41, 5.74) is 6.54. The van der Waals surface area contributed by atoms with Crippen LogP contribution in [0.4, 0.5) is 0 Å². The molecular formula is C24H31N3O5. The zero-order chi connectivity index (χ0) is 22.8. The van der Waals surface area contributed by atoms with Gasteiger partial charge in [0.25, 0.3) is 5.91 Å². The van der Waals surface area contributed by atoms with E-state index in [0.29, 0.717) is 30.5 Å². The monoisotopic (exact) mass is 441 g/mol. The summed E-state index contributed by atoms with van der Waals surface area (Å²) in [5.74, 6) is 0.523. The minimum Gasteiger partial charge on any atom is -0.492 e. The standard InChI is InChI=1S/C24H31N3O5/c1-27(20-9-12-30-13-10-20)11-14-31-22-4-2-3-18(15-22)16-26-23(28)17-32-21-7-5-19(6-8-21)24(25)29/h2-8,15,20H,9-14,16-17H2,1H3,(H2,25,29)(H,26,28). The van der Waals surface area contributed by atoms with Gasteiger partial charge >= 0.3 is 0 Å². The van der Waals surface area contributed by atoms with Gasteiger partial charge in [0.05, 0.1) is 0 Å². The average molecular weight is 442 g/mol. The Morgan fingerprint density at radius 2 is 1.84 bits per heavy atom. The smallest absolute Gasteiger partial charge is 0.258 e. The molecule has 0 unspecified atom stereocenters. The molecule has 0 spiro atoms. The Hall–Kier alpha value is -3.10. The van der Waals surface area contributed by atoms with Crippen LogP contribution in [0.25, 0.3) is 0 Å². The topological polar surface area (TPSA) is 103 Å². The molecule has 2 aromatic rings. The number of amides is 2. The Morgan fingerprint density at radius 1 is 1.09 bits per heavy atom. The number of rotatable bonds is 11. The van der Waals surface area contributed by atoms with Gasteiger partial charge in [0, 0.05) is 37.9 Å². The maximum absolute atomic E-state index is 12.1. The molecule has 1 aliphatic rings. The lowest BCUT2D eigenvalue weighted by atomic mass is 10.1. The number of likely N-dealkylation sites (N-methyl/N-ethyl adjacent to an activating group) is 1. The second kappa shape index (κ2) is 12.1. The van der Waals surface area contributed by atoms with Crippen molar-refractivity contribution in [3.63, 3.8) is 0 Å². The lowest BCUT2D eigenvalue weighted by Gasteiger charge is -2.31. The first-order chi connectivity index (χ1) is 15.5. The van der Waals surface area contributed by atoms with Crippen molar-refractivity contribution >= 4 is 11.8 Å². The quantitative estimate of drug-likeness (QED) is 0.553. The number of hydrogen-bond acceptors (Lipinski definition) is 6. The third kappa shape index (κ3) is 7.55. The molecule has 1 fully saturated rings. The van der Waals surface area contributed by atoms with Crippen molar-refractivity contribution in [3.8, 4) is 11.5 Å². The first-order valence-corrected chi connectivity index (χ1v) is 10.8. The summed E-state index contributed by atoms with van der Waals surface area (Å²) >= 11 is 0. The maximum Gasteiger partial charge on any atom is 0.258 e. The van der Waals surface area contributed by atoms with Crippen LogP contribution in [0.15, 0.2) is 48.5 Å². The summed E-state index contributed by atoms with van der Waals surface area (Å²) in [6.07, 6.45) is 2.13. The van der Waals surface area contributed by atoms with Crippen molar-refractivity contribution < 1.29 is 23.8 Å². The molecule has 8 heteroatoms. The van der Waals surface area contributed by atoms with Gasteiger partial charge in [0.1, 0.15) is 18.1 Å². The van der Waals surface area contributed by atoms with E-state index in [1.165, 1.54) is 0 Å². The van der Waals surface area contributed by atoms with Gasteiger partial charge in [0.2, 0.25) is 5.91 Å². The van der Waals surface area contributed by atoms with Gasteiger partial charge in [-0.05, 0) is 61.9 Å². The number of carbonyl (C=O) groups is 2. The van der Waals surface area contributed by atoms with Crippen LogP contribution in [0.3, 0.4) is 0 Å². The van der Waals surface area contributed by atoms with Gasteiger partial charge in [-0.15, -0.1) is 0 Å². The van der Waals surface area contributed by atoms with E-state index >= 15 is 0 Å². The molecule has 3 rings (SSSR count). The van der Waals surface area contributed by atoms with Gasteiger partial charge < -0.3 is 25.3 Å². The Morgan fingerprint density at radius 3 is 2.56 bits per heavy atom. The van der Waals surface area contributed by atoms with Crippen LogP contribution in [-0.4, -0.2) is 62.8 Å². The Labute approximate surface area is 188 Å². The fraction of sp³-hybridized carbons (Fsp3) is 0.417. The molecule has 1 saturated heterocycles. The van der Waals surface area contributed by atoms with Crippen LogP contribution in [0.1, 0.15) is 28.8 Å². The second-order valence-corrected chi connectivity index (χ2v) is 7.77. The molecule has 3 N–H and O–H groups in total. The molecule has 0 bridgehead atoms. The number of benzene rings is 2. The first-order valence-electron chi connectivity index (χ1n) is 10.8. The van der Waals surface area contributed by atoms with Crippen LogP contribution >= 0.6 is 0 Å². The van der Waals surface area contributed by atoms with Crippen molar-refractivity contribution in [2.45, 2.75) is 25.4 Å². The summed E-state index contributed by atoms with van der Waals surface area (Å²) in [6.45, 7) is 3.37. The predicted octanol–water partition coefficient (Wildman–Crippen LogP) is 1.97. The highest BCUT2D eigenvalue weighted by molar-refractivity contribution is 5.92. The molecule has 1 aliphatic heterocycles. The van der Waals surface area contributed by atoms with Crippen LogP contribution < -0.4 is 20.5 Å². The Balaban J connectivity index is 1.37. The molecule has 1 heterocycles. The number of carbonyl (C=O) groups excluding carboxylic acids is 2. The SMILES string of the molecule is CN(CCOc1cccc(CNC(=O)COc2ccc(C(N)=O)cc2)c1)C1CCOCC1. The molecular weight excluding hydrogens is 410 g/mol. The third-order valence-electron chi connectivity index (χ3n) is 5.42. The van der Waals surface area contributed by atoms with E-state index in [-0.39, 0.29) is 12.5 Å². The largest absolute Gasteiger partial charge is 0.492 e. The lowest BCUT2D eigenvalue weighted by Crippen LogP contribution is -2.38. The molecule has 0 saturated carbocycles. The van der Waals surface area contributed by atoms with E-state index in [2.05, 4.69) is 17.3 Å². The highest BCUT2D eigenvalue weighted by Crippen LogP contribution is 2.15. The number of hydrogen-bond donors (Lipinski definition) is 2. The van der Waals surface area contributed by atoms with Crippen molar-refractivity contribution in [2.75, 3.05) is 40.0 Å². The van der Waals surface area contributed by atoms with Gasteiger partial charge in [-0.3, -0.25) is 14.5 Å². The molecule has 0 aliphatic carbocycles. The maximum atomic E-state index is 12.1. The predicted molar refractivity (Wildman–Crippen MR) is 121 cm³/mol. The van der Waals surface area contributed by atoms with Crippen molar-refractivity contribution in [1.29, 1.82) is 0 Å². The fourth-order valence-corrected chi connectivity index (χ4v) is 3.48. The first kappa shape index (κ1) is 23.6. The number of ether oxygens (including phenoxy) is 3. The number of nitrogens with two attached hydrogens (primary N) is 1. The van der Waals surface area contributed by atoms with E-state index in [0.717, 1.165) is 43.9 Å². The van der Waals surface area contributed by atoms with E-state index in [9.17, 15) is 9.59 Å². The van der Waals surface area contributed by atoms with Gasteiger partial charge in [0.15, 0.2) is 6.61 Å². The zero-order valence-electron chi connectivity index (χ0n) is 18.4. The normalized spacial score (nSPS) is 14.2. The second-order valence-electron chi connectivity index (χ2n) is 7.77. The molecule has 0 aromatic heterocycles. The summed E-state index contributed by atoms with van der Waals surface area (Å²) in [7, 11) is 2.12. The van der Waals surface area contributed by atoms with Crippen LogP contribution in [-0.2, 0) is 16.1 Å². The highest BCUT2D eigenvalue weighted by atomic mass is 16.5. The Kier molecular flexibility index (Phi) is 8.89. The van der Waals surface area contributed by atoms with Crippen LogP contribution in [0.5, 0.6) is 11.5 Å². The highest BCUT2D eigenvalue weighted by Gasteiger charge is 2.18. The van der Waals surface area contributed by atoms with E-state index in [4.69, 9.17) is 19.9 Å². The average Bonchev–Trinajstić information content (AvgIpc) is 2.82. The zero-order valence-corrected chi connectivity index (χ0v) is 18.4. The molecule has 0 atom stereocenters. The lowest BCUT2D eigenvalue weighted by molar-refractivity contribution is -0.123. The van der Waals surface area contributed by atoms with Crippen LogP contribution in [0.2, 0.25) is 0 Å². The van der Waals surface area contributed by atoms with Crippen molar-refractivity contribution in [2.24, 2.45) is 5.73 Å². The van der Waals surface area contributed by atoms with E-state index < -0.39 is 5.91 Å². The summed E-state index contributed by atoms with van der Waals surface area (Å²) < 4.78 is 16.8. The number of primary amides is 1. The molecule has 2 aromatic carbocycles. The fourth-order valence-electron chi connectivity index (χ4n) is 3.48. The Bertz CT molecular complexity index is 881. The van der Waals surface area contributed by atoms with Crippen LogP contribution in [0, 0.1) is 0 Å². The molecule has 2 amide bonds. The van der Waals surface area contributed by atoms with Gasteiger partial charge in [-0.2, -0.15) is 0 Å². The molecule has 8 nitrogen and oxygen atoms in total. The molecule has 0 radical (unpaired) electrons. The molecule has 172 valence electrons. The van der Waals surface area contributed by atoms with E-state index in [1.807, 2.05) is 24.3 Å². The van der Waals surface area contributed by atoms with Crippen molar-refractivity contribution in [3.05, 3.63) is 59.7 Å². The third-order valence-corrected chi connectivity index (χ3v) is 5.42. The summed E-state index contributed by atoms with van der Waals surface area (Å²) in [6, 6.07) is 14.6. The van der Waals surface area contributed by atoms with E-state index in [1.54, 1.807) is 24.3 Å². The van der Waals surface area contributed by atoms with Gasteiger partial charge in [-0.25, -0.2) is 0 Å². The minimum atomic E-state index is -0.508. The number of nitrogens with zero attached hydrogens (tertiary/aromatic N) is 1. The summed E-state index contributed by atoms with van der Waals surface area (Å²) in [4.78, 5) is 25.5.